The van der Waals surface area contributed by atoms with Gasteiger partial charge >= 0.3 is 0 Å². The topological polar surface area (TPSA) is 90.1 Å². The van der Waals surface area contributed by atoms with E-state index in [1.165, 1.54) is 11.6 Å². The largest absolute Gasteiger partial charge is 0.345 e. The highest BCUT2D eigenvalue weighted by molar-refractivity contribution is 5.95. The van der Waals surface area contributed by atoms with E-state index >= 15 is 0 Å². The van der Waals surface area contributed by atoms with E-state index in [-0.39, 0.29) is 17.6 Å². The zero-order valence-corrected chi connectivity index (χ0v) is 16.2. The standard InChI is InChI=1S/C22H22N4O3/c1-15-10-11-17(12-21(15)26(28)29)22(27)24-19-8-5-9-20-18(19)13-23-25(20)14-16-6-3-2-4-7-16/h2-4,6-7,10-13,19H,5,8-9,14H2,1H3,(H,24,27)/t19-/m1/s1. The van der Waals surface area contributed by atoms with Crippen LogP contribution in [0.25, 0.3) is 0 Å². The van der Waals surface area contributed by atoms with Crippen LogP contribution in [0, 0.1) is 17.0 Å². The summed E-state index contributed by atoms with van der Waals surface area (Å²) in [6.45, 7) is 2.36. The fourth-order valence-corrected chi connectivity index (χ4v) is 3.85. The van der Waals surface area contributed by atoms with Gasteiger partial charge in [0, 0.05) is 28.5 Å². The molecule has 1 atom stereocenters. The normalized spacial score (nSPS) is 15.6. The molecule has 0 radical (unpaired) electrons. The highest BCUT2D eigenvalue weighted by atomic mass is 16.6. The minimum absolute atomic E-state index is 0.0438. The molecule has 29 heavy (non-hydrogen) atoms. The Balaban J connectivity index is 1.54. The molecule has 1 aromatic heterocycles. The highest BCUT2D eigenvalue weighted by Crippen LogP contribution is 2.30. The van der Waals surface area contributed by atoms with Gasteiger partial charge < -0.3 is 5.32 Å². The first-order chi connectivity index (χ1) is 14.0. The number of nitro benzene ring substituents is 1. The molecule has 2 aromatic carbocycles. The summed E-state index contributed by atoms with van der Waals surface area (Å²) in [6.07, 6.45) is 4.53. The molecular weight excluding hydrogens is 368 g/mol. The lowest BCUT2D eigenvalue weighted by Crippen LogP contribution is -2.31. The van der Waals surface area contributed by atoms with Gasteiger partial charge in [0.25, 0.3) is 11.6 Å². The molecule has 1 heterocycles. The van der Waals surface area contributed by atoms with Crippen LogP contribution in [0.4, 0.5) is 5.69 Å². The van der Waals surface area contributed by atoms with E-state index in [0.29, 0.717) is 17.7 Å². The minimum Gasteiger partial charge on any atom is -0.345 e. The lowest BCUT2D eigenvalue weighted by atomic mass is 9.92. The van der Waals surface area contributed by atoms with E-state index in [0.717, 1.165) is 30.5 Å². The second-order valence-corrected chi connectivity index (χ2v) is 7.37. The number of benzene rings is 2. The van der Waals surface area contributed by atoms with Gasteiger partial charge in [-0.15, -0.1) is 0 Å². The number of nitro groups is 1. The van der Waals surface area contributed by atoms with Gasteiger partial charge in [0.2, 0.25) is 0 Å². The van der Waals surface area contributed by atoms with Crippen LogP contribution in [0.5, 0.6) is 0 Å². The summed E-state index contributed by atoms with van der Waals surface area (Å²) in [5.74, 6) is -0.304. The smallest absolute Gasteiger partial charge is 0.273 e. The third-order valence-corrected chi connectivity index (χ3v) is 5.41. The van der Waals surface area contributed by atoms with Crippen LogP contribution in [0.2, 0.25) is 0 Å². The maximum Gasteiger partial charge on any atom is 0.273 e. The highest BCUT2D eigenvalue weighted by Gasteiger charge is 2.26. The Morgan fingerprint density at radius 1 is 1.28 bits per heavy atom. The Bertz CT molecular complexity index is 1060. The number of nitrogens with zero attached hydrogens (tertiary/aromatic N) is 3. The van der Waals surface area contributed by atoms with Crippen LogP contribution in [-0.2, 0) is 13.0 Å². The van der Waals surface area contributed by atoms with E-state index in [4.69, 9.17) is 0 Å². The maximum absolute atomic E-state index is 12.7. The van der Waals surface area contributed by atoms with Crippen molar-refractivity contribution in [1.82, 2.24) is 15.1 Å². The number of carbonyl (C=O) groups excluding carboxylic acids is 1. The van der Waals surface area contributed by atoms with Crippen LogP contribution >= 0.6 is 0 Å². The molecule has 0 saturated carbocycles. The molecule has 0 unspecified atom stereocenters. The number of amides is 1. The predicted octanol–water partition coefficient (Wildman–Crippen LogP) is 3.96. The monoisotopic (exact) mass is 390 g/mol. The number of rotatable bonds is 5. The third kappa shape index (κ3) is 3.89. The molecule has 1 N–H and O–H groups in total. The average molecular weight is 390 g/mol. The lowest BCUT2D eigenvalue weighted by Gasteiger charge is -2.24. The van der Waals surface area contributed by atoms with Gasteiger partial charge in [-0.25, -0.2) is 0 Å². The summed E-state index contributed by atoms with van der Waals surface area (Å²) in [5.41, 5.74) is 4.14. The zero-order valence-electron chi connectivity index (χ0n) is 16.2. The Morgan fingerprint density at radius 2 is 2.07 bits per heavy atom. The Hall–Kier alpha value is -3.48. The molecule has 4 rings (SSSR count). The quantitative estimate of drug-likeness (QED) is 0.527. The number of hydrogen-bond donors (Lipinski definition) is 1. The third-order valence-electron chi connectivity index (χ3n) is 5.41. The van der Waals surface area contributed by atoms with Crippen LogP contribution in [0.1, 0.15) is 51.6 Å². The van der Waals surface area contributed by atoms with E-state index < -0.39 is 4.92 Å². The van der Waals surface area contributed by atoms with Crippen molar-refractivity contribution in [2.45, 2.75) is 38.8 Å². The molecule has 1 amide bonds. The number of carbonyl (C=O) groups is 1. The molecular formula is C22H22N4O3. The van der Waals surface area contributed by atoms with Gasteiger partial charge in [-0.05, 0) is 37.8 Å². The molecule has 148 valence electrons. The maximum atomic E-state index is 12.7. The number of nitrogens with one attached hydrogen (secondary N) is 1. The second-order valence-electron chi connectivity index (χ2n) is 7.37. The zero-order chi connectivity index (χ0) is 20.4. The van der Waals surface area contributed by atoms with Crippen LogP contribution in [0.15, 0.2) is 54.7 Å². The molecule has 0 bridgehead atoms. The van der Waals surface area contributed by atoms with Crippen LogP contribution in [0.3, 0.4) is 0 Å². The summed E-state index contributed by atoms with van der Waals surface area (Å²) < 4.78 is 2.00. The summed E-state index contributed by atoms with van der Waals surface area (Å²) in [5, 5.41) is 18.8. The van der Waals surface area contributed by atoms with Crippen LogP contribution < -0.4 is 5.32 Å². The first kappa shape index (κ1) is 18.9. The molecule has 7 nitrogen and oxygen atoms in total. The summed E-state index contributed by atoms with van der Waals surface area (Å²) >= 11 is 0. The van der Waals surface area contributed by atoms with Gasteiger partial charge in [0.1, 0.15) is 0 Å². The SMILES string of the molecule is Cc1ccc(C(=O)N[C@@H]2CCCc3c2cnn3Cc2ccccc2)cc1[N+](=O)[O-]. The predicted molar refractivity (Wildman–Crippen MR) is 109 cm³/mol. The fraction of sp³-hybridized carbons (Fsp3) is 0.273. The van der Waals surface area contributed by atoms with E-state index in [1.807, 2.05) is 29.1 Å². The van der Waals surface area contributed by atoms with Crippen molar-refractivity contribution in [3.63, 3.8) is 0 Å². The Labute approximate surface area is 168 Å². The molecule has 0 fully saturated rings. The van der Waals surface area contributed by atoms with Crippen molar-refractivity contribution in [1.29, 1.82) is 0 Å². The summed E-state index contributed by atoms with van der Waals surface area (Å²) in [6, 6.07) is 14.6. The summed E-state index contributed by atoms with van der Waals surface area (Å²) in [7, 11) is 0. The first-order valence-corrected chi connectivity index (χ1v) is 9.67. The molecule has 0 aliphatic heterocycles. The van der Waals surface area contributed by atoms with Crippen molar-refractivity contribution < 1.29 is 9.72 Å². The van der Waals surface area contributed by atoms with Crippen molar-refractivity contribution in [3.05, 3.63) is 92.8 Å². The van der Waals surface area contributed by atoms with E-state index in [1.54, 1.807) is 19.1 Å². The van der Waals surface area contributed by atoms with Gasteiger partial charge in [-0.3, -0.25) is 19.6 Å². The van der Waals surface area contributed by atoms with Crippen molar-refractivity contribution in [2.75, 3.05) is 0 Å². The van der Waals surface area contributed by atoms with Crippen molar-refractivity contribution in [3.8, 4) is 0 Å². The molecule has 3 aromatic rings. The average Bonchev–Trinajstić information content (AvgIpc) is 3.12. The van der Waals surface area contributed by atoms with Gasteiger partial charge in [-0.2, -0.15) is 5.10 Å². The number of hydrogen-bond acceptors (Lipinski definition) is 4. The van der Waals surface area contributed by atoms with Crippen molar-refractivity contribution in [2.24, 2.45) is 0 Å². The van der Waals surface area contributed by atoms with E-state index in [2.05, 4.69) is 22.5 Å². The van der Waals surface area contributed by atoms with Gasteiger partial charge in [-0.1, -0.05) is 36.4 Å². The number of aryl methyl sites for hydroxylation is 1. The Kier molecular flexibility index (Phi) is 5.12. The van der Waals surface area contributed by atoms with Gasteiger partial charge in [0.15, 0.2) is 0 Å². The number of aromatic nitrogens is 2. The molecule has 1 aliphatic rings. The fourth-order valence-electron chi connectivity index (χ4n) is 3.85. The van der Waals surface area contributed by atoms with Gasteiger partial charge in [0.05, 0.1) is 23.7 Å². The Morgan fingerprint density at radius 3 is 2.83 bits per heavy atom. The molecule has 0 saturated heterocycles. The number of fused-ring (bicyclic) bond motifs is 1. The van der Waals surface area contributed by atoms with Crippen molar-refractivity contribution >= 4 is 11.6 Å². The second kappa shape index (κ2) is 7.87. The minimum atomic E-state index is -0.460. The van der Waals surface area contributed by atoms with E-state index in [9.17, 15) is 14.9 Å². The molecule has 1 aliphatic carbocycles. The molecule has 0 spiro atoms. The molecule has 7 heteroatoms. The summed E-state index contributed by atoms with van der Waals surface area (Å²) in [4.78, 5) is 23.5. The first-order valence-electron chi connectivity index (χ1n) is 9.67. The van der Waals surface area contributed by atoms with Crippen LogP contribution in [-0.4, -0.2) is 20.6 Å². The lowest BCUT2D eigenvalue weighted by molar-refractivity contribution is -0.385.